The Bertz CT molecular complexity index is 697. The molecule has 0 radical (unpaired) electrons. The van der Waals surface area contributed by atoms with Crippen LogP contribution in [0.2, 0.25) is 0 Å². The minimum atomic E-state index is -0.271. The maximum atomic E-state index is 11.2. The number of esters is 2. The third-order valence-electron chi connectivity index (χ3n) is 3.91. The first-order valence-corrected chi connectivity index (χ1v) is 10.5. The van der Waals surface area contributed by atoms with Crippen LogP contribution in [0.1, 0.15) is 50.7 Å². The first-order valence-electron chi connectivity index (χ1n) is 10.5. The topological polar surface area (TPSA) is 52.6 Å². The molecule has 0 saturated carbocycles. The molecule has 0 spiro atoms. The molecular weight excluding hydrogens is 376 g/mol. The summed E-state index contributed by atoms with van der Waals surface area (Å²) in [6, 6.07) is 19.4. The first-order chi connectivity index (χ1) is 14.7. The molecule has 0 atom stereocenters. The molecule has 30 heavy (non-hydrogen) atoms. The fourth-order valence-electron chi connectivity index (χ4n) is 2.19. The van der Waals surface area contributed by atoms with Crippen molar-refractivity contribution in [2.75, 3.05) is 13.2 Å². The van der Waals surface area contributed by atoms with Crippen molar-refractivity contribution in [2.45, 2.75) is 39.5 Å². The minimum Gasteiger partial charge on any atom is -0.463 e. The summed E-state index contributed by atoms with van der Waals surface area (Å²) in [6.45, 7) is 5.14. The van der Waals surface area contributed by atoms with Gasteiger partial charge in [0.15, 0.2) is 0 Å². The van der Waals surface area contributed by atoms with Gasteiger partial charge in [-0.25, -0.2) is 9.59 Å². The number of hydrogen-bond acceptors (Lipinski definition) is 4. The molecule has 160 valence electrons. The van der Waals surface area contributed by atoms with Gasteiger partial charge >= 0.3 is 11.9 Å². The monoisotopic (exact) mass is 408 g/mol. The van der Waals surface area contributed by atoms with Crippen molar-refractivity contribution in [1.82, 2.24) is 0 Å². The molecule has 2 aromatic carbocycles. The van der Waals surface area contributed by atoms with E-state index in [9.17, 15) is 9.59 Å². The molecule has 0 heterocycles. The Morgan fingerprint density at radius 2 is 1.03 bits per heavy atom. The van der Waals surface area contributed by atoms with Gasteiger partial charge in [0.1, 0.15) is 0 Å². The van der Waals surface area contributed by atoms with Gasteiger partial charge in [0.05, 0.1) is 13.2 Å². The lowest BCUT2D eigenvalue weighted by molar-refractivity contribution is -0.138. The number of unbranched alkanes of at least 4 members (excludes halogenated alkanes) is 2. The number of ether oxygens (including phenoxy) is 2. The van der Waals surface area contributed by atoms with Gasteiger partial charge in [-0.05, 0) is 36.1 Å². The number of benzene rings is 2. The third kappa shape index (κ3) is 13.1. The Kier molecular flexibility index (Phi) is 13.9. The van der Waals surface area contributed by atoms with Gasteiger partial charge in [-0.1, -0.05) is 87.4 Å². The lowest BCUT2D eigenvalue weighted by Gasteiger charge is -1.98. The predicted octanol–water partition coefficient (Wildman–Crippen LogP) is 6.09. The zero-order valence-corrected chi connectivity index (χ0v) is 18.0. The van der Waals surface area contributed by atoms with Crippen molar-refractivity contribution in [3.8, 4) is 0 Å². The Labute approximate surface area is 180 Å². The molecular formula is C26H32O4. The summed E-state index contributed by atoms with van der Waals surface area (Å²) in [5.41, 5.74) is 2.01. The highest BCUT2D eigenvalue weighted by molar-refractivity contribution is 5.87. The highest BCUT2D eigenvalue weighted by Gasteiger charge is 1.96. The van der Waals surface area contributed by atoms with Crippen LogP contribution in [0.3, 0.4) is 0 Å². The molecule has 2 aromatic rings. The van der Waals surface area contributed by atoms with Crippen molar-refractivity contribution in [1.29, 1.82) is 0 Å². The van der Waals surface area contributed by atoms with Gasteiger partial charge in [0, 0.05) is 12.2 Å². The van der Waals surface area contributed by atoms with Gasteiger partial charge in [-0.3, -0.25) is 0 Å². The van der Waals surface area contributed by atoms with E-state index in [0.717, 1.165) is 36.8 Å². The summed E-state index contributed by atoms with van der Waals surface area (Å²) in [5, 5.41) is 0. The second kappa shape index (κ2) is 16.8. The van der Waals surface area contributed by atoms with E-state index in [-0.39, 0.29) is 11.9 Å². The lowest BCUT2D eigenvalue weighted by atomic mass is 10.2. The molecule has 0 bridgehead atoms. The van der Waals surface area contributed by atoms with Gasteiger partial charge in [-0.2, -0.15) is 0 Å². The van der Waals surface area contributed by atoms with Crippen LogP contribution < -0.4 is 0 Å². The van der Waals surface area contributed by atoms with Crippen LogP contribution in [0, 0.1) is 0 Å². The largest absolute Gasteiger partial charge is 0.463 e. The Morgan fingerprint density at radius 3 is 1.37 bits per heavy atom. The molecule has 0 amide bonds. The van der Waals surface area contributed by atoms with E-state index >= 15 is 0 Å². The SMILES string of the molecule is CCCCOC(=O)/C=C/c1ccccc1.CCCCOC(=O)/C=C/c1ccccc1. The van der Waals surface area contributed by atoms with Crippen LogP contribution in [-0.2, 0) is 19.1 Å². The molecule has 0 saturated heterocycles. The van der Waals surface area contributed by atoms with Crippen LogP contribution in [0.25, 0.3) is 12.2 Å². The van der Waals surface area contributed by atoms with Gasteiger partial charge in [-0.15, -0.1) is 0 Å². The maximum Gasteiger partial charge on any atom is 0.330 e. The van der Waals surface area contributed by atoms with Gasteiger partial charge < -0.3 is 9.47 Å². The van der Waals surface area contributed by atoms with Crippen molar-refractivity contribution in [3.63, 3.8) is 0 Å². The Morgan fingerprint density at radius 1 is 0.667 bits per heavy atom. The highest BCUT2D eigenvalue weighted by atomic mass is 16.5. The summed E-state index contributed by atoms with van der Waals surface area (Å²) >= 11 is 0. The molecule has 0 fully saturated rings. The van der Waals surface area contributed by atoms with Crippen molar-refractivity contribution in [3.05, 3.63) is 83.9 Å². The van der Waals surface area contributed by atoms with Crippen LogP contribution in [0.5, 0.6) is 0 Å². The number of rotatable bonds is 10. The molecule has 0 aliphatic heterocycles. The highest BCUT2D eigenvalue weighted by Crippen LogP contribution is 2.02. The van der Waals surface area contributed by atoms with E-state index in [1.165, 1.54) is 12.2 Å². The summed E-state index contributed by atoms with van der Waals surface area (Å²) in [7, 11) is 0. The second-order valence-corrected chi connectivity index (χ2v) is 6.53. The molecule has 0 unspecified atom stereocenters. The summed E-state index contributed by atoms with van der Waals surface area (Å²) in [6.07, 6.45) is 10.4. The maximum absolute atomic E-state index is 11.2. The minimum absolute atomic E-state index is 0.271. The lowest BCUT2D eigenvalue weighted by Crippen LogP contribution is -2.01. The van der Waals surface area contributed by atoms with Crippen LogP contribution in [0.15, 0.2) is 72.8 Å². The average molecular weight is 409 g/mol. The van der Waals surface area contributed by atoms with Crippen molar-refractivity contribution < 1.29 is 19.1 Å². The van der Waals surface area contributed by atoms with Gasteiger partial charge in [0.2, 0.25) is 0 Å². The zero-order valence-electron chi connectivity index (χ0n) is 18.0. The normalized spacial score (nSPS) is 10.5. The van der Waals surface area contributed by atoms with Crippen molar-refractivity contribution in [2.24, 2.45) is 0 Å². The number of carbonyl (C=O) groups is 2. The number of carbonyl (C=O) groups excluding carboxylic acids is 2. The summed E-state index contributed by atoms with van der Waals surface area (Å²) in [5.74, 6) is -0.542. The van der Waals surface area contributed by atoms with Crippen LogP contribution in [-0.4, -0.2) is 25.2 Å². The van der Waals surface area contributed by atoms with Gasteiger partial charge in [0.25, 0.3) is 0 Å². The van der Waals surface area contributed by atoms with E-state index in [1.807, 2.05) is 60.7 Å². The molecule has 0 N–H and O–H groups in total. The second-order valence-electron chi connectivity index (χ2n) is 6.53. The summed E-state index contributed by atoms with van der Waals surface area (Å²) < 4.78 is 9.96. The van der Waals surface area contributed by atoms with E-state index in [2.05, 4.69) is 13.8 Å². The average Bonchev–Trinajstić information content (AvgIpc) is 2.78. The molecule has 0 aromatic heterocycles. The van der Waals surface area contributed by atoms with E-state index in [4.69, 9.17) is 9.47 Å². The van der Waals surface area contributed by atoms with E-state index in [0.29, 0.717) is 13.2 Å². The van der Waals surface area contributed by atoms with E-state index in [1.54, 1.807) is 12.2 Å². The standard InChI is InChI=1S/2C13H16O2/c2*1-2-3-11-15-13(14)10-9-12-7-5-4-6-8-12/h2*4-10H,2-3,11H2,1H3/b2*10-9+. The first kappa shape index (κ1) is 24.9. The number of hydrogen-bond donors (Lipinski definition) is 0. The Balaban J connectivity index is 0.000000300. The predicted molar refractivity (Wildman–Crippen MR) is 123 cm³/mol. The molecule has 0 aliphatic carbocycles. The summed E-state index contributed by atoms with van der Waals surface area (Å²) in [4.78, 5) is 22.4. The molecule has 0 aliphatic rings. The molecule has 2 rings (SSSR count). The fraction of sp³-hybridized carbons (Fsp3) is 0.308. The third-order valence-corrected chi connectivity index (χ3v) is 3.91. The Hall–Kier alpha value is -3.14. The van der Waals surface area contributed by atoms with E-state index < -0.39 is 0 Å². The smallest absolute Gasteiger partial charge is 0.330 e. The van der Waals surface area contributed by atoms with Crippen LogP contribution in [0.4, 0.5) is 0 Å². The van der Waals surface area contributed by atoms with Crippen molar-refractivity contribution >= 4 is 24.1 Å². The van der Waals surface area contributed by atoms with Crippen LogP contribution >= 0.6 is 0 Å². The molecule has 4 heteroatoms. The zero-order chi connectivity index (χ0) is 21.9. The molecule has 4 nitrogen and oxygen atoms in total. The fourth-order valence-corrected chi connectivity index (χ4v) is 2.19. The quantitative estimate of drug-likeness (QED) is 0.271.